The number of carboxylic acids is 1. The molecule has 25 heavy (non-hydrogen) atoms. The summed E-state index contributed by atoms with van der Waals surface area (Å²) in [7, 11) is 1.56. The van der Waals surface area contributed by atoms with Crippen molar-refractivity contribution in [3.63, 3.8) is 0 Å². The van der Waals surface area contributed by atoms with Gasteiger partial charge in [0.25, 0.3) is 0 Å². The van der Waals surface area contributed by atoms with E-state index in [2.05, 4.69) is 5.32 Å². The van der Waals surface area contributed by atoms with E-state index in [0.717, 1.165) is 12.0 Å². The van der Waals surface area contributed by atoms with Crippen LogP contribution in [0.15, 0.2) is 30.3 Å². The zero-order valence-electron chi connectivity index (χ0n) is 13.9. The average Bonchev–Trinajstić information content (AvgIpc) is 2.59. The molecule has 134 valence electrons. The first-order valence-electron chi connectivity index (χ1n) is 7.72. The van der Waals surface area contributed by atoms with E-state index in [1.54, 1.807) is 19.2 Å². The molecule has 0 amide bonds. The van der Waals surface area contributed by atoms with Crippen molar-refractivity contribution >= 4 is 34.9 Å². The van der Waals surface area contributed by atoms with Gasteiger partial charge >= 0.3 is 5.97 Å². The van der Waals surface area contributed by atoms with Crippen LogP contribution in [-0.4, -0.2) is 24.8 Å². The third-order valence-electron chi connectivity index (χ3n) is 3.48. The van der Waals surface area contributed by atoms with Crippen LogP contribution in [0.25, 0.3) is 0 Å². The standard InChI is InChI=1S/C18H19Cl2NO4/c1-3-6-25-17-9-14(20)12(8-16(17)24-2)10-21-15-7-11(18(22)23)4-5-13(15)19/h4-5,7-9,21H,3,6,10H2,1-2H3,(H,22,23). The molecule has 0 aliphatic heterocycles. The minimum Gasteiger partial charge on any atom is -0.493 e. The van der Waals surface area contributed by atoms with Gasteiger partial charge in [-0.25, -0.2) is 4.79 Å². The first-order valence-corrected chi connectivity index (χ1v) is 8.47. The zero-order valence-corrected chi connectivity index (χ0v) is 15.4. The van der Waals surface area contributed by atoms with E-state index >= 15 is 0 Å². The smallest absolute Gasteiger partial charge is 0.335 e. The van der Waals surface area contributed by atoms with Gasteiger partial charge in [0.05, 0.1) is 30.0 Å². The van der Waals surface area contributed by atoms with Crippen molar-refractivity contribution in [2.45, 2.75) is 19.9 Å². The Morgan fingerprint density at radius 3 is 2.56 bits per heavy atom. The van der Waals surface area contributed by atoms with Crippen molar-refractivity contribution in [2.75, 3.05) is 19.0 Å². The van der Waals surface area contributed by atoms with Gasteiger partial charge in [0.15, 0.2) is 11.5 Å². The number of hydrogen-bond acceptors (Lipinski definition) is 4. The fourth-order valence-corrected chi connectivity index (χ4v) is 2.59. The monoisotopic (exact) mass is 383 g/mol. The first kappa shape index (κ1) is 19.2. The van der Waals surface area contributed by atoms with Crippen LogP contribution in [0.3, 0.4) is 0 Å². The Morgan fingerprint density at radius 2 is 1.92 bits per heavy atom. The molecule has 0 aliphatic rings. The molecule has 0 unspecified atom stereocenters. The quantitative estimate of drug-likeness (QED) is 0.663. The fourth-order valence-electron chi connectivity index (χ4n) is 2.18. The second-order valence-electron chi connectivity index (χ2n) is 5.30. The molecule has 0 aromatic heterocycles. The summed E-state index contributed by atoms with van der Waals surface area (Å²) in [6.45, 7) is 2.94. The van der Waals surface area contributed by atoms with Gasteiger partial charge in [0.2, 0.25) is 0 Å². The molecule has 0 saturated heterocycles. The highest BCUT2D eigenvalue weighted by molar-refractivity contribution is 6.33. The molecule has 0 bridgehead atoms. The highest BCUT2D eigenvalue weighted by Crippen LogP contribution is 2.34. The van der Waals surface area contributed by atoms with Crippen molar-refractivity contribution < 1.29 is 19.4 Å². The van der Waals surface area contributed by atoms with Gasteiger partial charge < -0.3 is 19.9 Å². The molecule has 2 aromatic carbocycles. The second kappa shape index (κ2) is 8.83. The van der Waals surface area contributed by atoms with Crippen molar-refractivity contribution in [2.24, 2.45) is 0 Å². The molecule has 0 saturated carbocycles. The Labute approximate surface area is 156 Å². The molecule has 2 rings (SSSR count). The third-order valence-corrected chi connectivity index (χ3v) is 4.16. The predicted molar refractivity (Wildman–Crippen MR) is 99.5 cm³/mol. The molecule has 0 atom stereocenters. The molecular formula is C18H19Cl2NO4. The lowest BCUT2D eigenvalue weighted by atomic mass is 10.1. The van der Waals surface area contributed by atoms with Crippen LogP contribution in [0.5, 0.6) is 11.5 Å². The summed E-state index contributed by atoms with van der Waals surface area (Å²) in [6.07, 6.45) is 0.877. The van der Waals surface area contributed by atoms with Gasteiger partial charge in [-0.1, -0.05) is 30.1 Å². The maximum absolute atomic E-state index is 11.1. The molecule has 0 heterocycles. The number of rotatable bonds is 8. The summed E-state index contributed by atoms with van der Waals surface area (Å²) in [5.74, 6) is 0.154. The SMILES string of the molecule is CCCOc1cc(Cl)c(CNc2cc(C(=O)O)ccc2Cl)cc1OC. The summed E-state index contributed by atoms with van der Waals surface area (Å²) >= 11 is 12.4. The van der Waals surface area contributed by atoms with E-state index in [4.69, 9.17) is 37.8 Å². The minimum absolute atomic E-state index is 0.152. The minimum atomic E-state index is -1.02. The van der Waals surface area contributed by atoms with Crippen LogP contribution in [-0.2, 0) is 6.54 Å². The van der Waals surface area contributed by atoms with Crippen LogP contribution in [0, 0.1) is 0 Å². The van der Waals surface area contributed by atoms with E-state index < -0.39 is 5.97 Å². The number of ether oxygens (including phenoxy) is 2. The summed E-state index contributed by atoms with van der Waals surface area (Å²) in [5.41, 5.74) is 1.45. The first-order chi connectivity index (χ1) is 12.0. The molecule has 7 heteroatoms. The van der Waals surface area contributed by atoms with Crippen molar-refractivity contribution in [1.82, 2.24) is 0 Å². The van der Waals surface area contributed by atoms with E-state index in [1.165, 1.54) is 18.2 Å². The fraction of sp³-hybridized carbons (Fsp3) is 0.278. The second-order valence-corrected chi connectivity index (χ2v) is 6.11. The number of hydrogen-bond donors (Lipinski definition) is 2. The van der Waals surface area contributed by atoms with E-state index in [1.807, 2.05) is 6.92 Å². The summed E-state index contributed by atoms with van der Waals surface area (Å²) in [5, 5.41) is 13.1. The van der Waals surface area contributed by atoms with Crippen molar-refractivity contribution in [3.05, 3.63) is 51.5 Å². The van der Waals surface area contributed by atoms with E-state index in [9.17, 15) is 4.79 Å². The van der Waals surface area contributed by atoms with Gasteiger partial charge in [0, 0.05) is 17.6 Å². The van der Waals surface area contributed by atoms with Crippen LogP contribution < -0.4 is 14.8 Å². The van der Waals surface area contributed by atoms with E-state index in [-0.39, 0.29) is 5.56 Å². The van der Waals surface area contributed by atoms with Crippen molar-refractivity contribution in [1.29, 1.82) is 0 Å². The number of benzene rings is 2. The normalized spacial score (nSPS) is 10.4. The maximum atomic E-state index is 11.1. The number of carbonyl (C=O) groups is 1. The Morgan fingerprint density at radius 1 is 1.16 bits per heavy atom. The highest BCUT2D eigenvalue weighted by atomic mass is 35.5. The number of nitrogens with one attached hydrogen (secondary N) is 1. The predicted octanol–water partition coefficient (Wildman–Crippen LogP) is 5.10. The van der Waals surface area contributed by atoms with Crippen LogP contribution >= 0.6 is 23.2 Å². The van der Waals surface area contributed by atoms with Crippen LogP contribution in [0.4, 0.5) is 5.69 Å². The molecular weight excluding hydrogens is 365 g/mol. The van der Waals surface area contributed by atoms with Gasteiger partial charge in [-0.2, -0.15) is 0 Å². The number of anilines is 1. The molecule has 5 nitrogen and oxygen atoms in total. The molecule has 2 aromatic rings. The van der Waals surface area contributed by atoms with Gasteiger partial charge in [-0.3, -0.25) is 0 Å². The Hall–Kier alpha value is -2.11. The van der Waals surface area contributed by atoms with Crippen LogP contribution in [0.1, 0.15) is 29.3 Å². The highest BCUT2D eigenvalue weighted by Gasteiger charge is 2.12. The van der Waals surface area contributed by atoms with Crippen molar-refractivity contribution in [3.8, 4) is 11.5 Å². The lowest BCUT2D eigenvalue weighted by molar-refractivity contribution is 0.0697. The number of halogens is 2. The topological polar surface area (TPSA) is 67.8 Å². The number of methoxy groups -OCH3 is 1. The largest absolute Gasteiger partial charge is 0.493 e. The van der Waals surface area contributed by atoms with Crippen LogP contribution in [0.2, 0.25) is 10.0 Å². The maximum Gasteiger partial charge on any atom is 0.335 e. The average molecular weight is 384 g/mol. The molecule has 2 N–H and O–H groups in total. The third kappa shape index (κ3) is 4.94. The zero-order chi connectivity index (χ0) is 18.4. The summed E-state index contributed by atoms with van der Waals surface area (Å²) < 4.78 is 11.0. The molecule has 0 aliphatic carbocycles. The molecule has 0 fully saturated rings. The number of carboxylic acid groups (broad SMARTS) is 1. The lowest BCUT2D eigenvalue weighted by Crippen LogP contribution is -2.05. The van der Waals surface area contributed by atoms with Gasteiger partial charge in [0.1, 0.15) is 0 Å². The summed E-state index contributed by atoms with van der Waals surface area (Å²) in [6, 6.07) is 7.97. The molecule has 0 spiro atoms. The molecule has 0 radical (unpaired) electrons. The van der Waals surface area contributed by atoms with E-state index in [0.29, 0.717) is 40.4 Å². The van der Waals surface area contributed by atoms with Gasteiger partial charge in [-0.15, -0.1) is 0 Å². The Kier molecular flexibility index (Phi) is 6.79. The number of aromatic carboxylic acids is 1. The Balaban J connectivity index is 2.20. The van der Waals surface area contributed by atoms with Gasteiger partial charge in [-0.05, 0) is 36.2 Å². The summed E-state index contributed by atoms with van der Waals surface area (Å²) in [4.78, 5) is 11.1. The lowest BCUT2D eigenvalue weighted by Gasteiger charge is -2.15. The Bertz CT molecular complexity index is 765.